The molecule has 3 atom stereocenters. The average molecular weight is 289 g/mol. The second-order valence-corrected chi connectivity index (χ2v) is 6.14. The van der Waals surface area contributed by atoms with Crippen molar-refractivity contribution in [3.63, 3.8) is 0 Å². The van der Waals surface area contributed by atoms with Gasteiger partial charge >= 0.3 is 0 Å². The van der Waals surface area contributed by atoms with E-state index in [4.69, 9.17) is 9.47 Å². The van der Waals surface area contributed by atoms with Gasteiger partial charge in [0.15, 0.2) is 6.29 Å². The van der Waals surface area contributed by atoms with Crippen LogP contribution in [0.5, 0.6) is 0 Å². The molecule has 1 aliphatic carbocycles. The number of ether oxygens (including phenoxy) is 2. The highest BCUT2D eigenvalue weighted by Crippen LogP contribution is 2.47. The lowest BCUT2D eigenvalue weighted by Crippen LogP contribution is -2.54. The van der Waals surface area contributed by atoms with E-state index in [0.717, 1.165) is 24.8 Å². The molecule has 0 spiro atoms. The Hall–Kier alpha value is -1.39. The first-order valence-corrected chi connectivity index (χ1v) is 7.75. The second-order valence-electron chi connectivity index (χ2n) is 6.14. The minimum absolute atomic E-state index is 0.0101. The molecule has 1 saturated heterocycles. The Balaban J connectivity index is 1.69. The number of hydrogen-bond acceptors (Lipinski definition) is 3. The number of nitrogens with one attached hydrogen (secondary N) is 1. The molecule has 1 heterocycles. The summed E-state index contributed by atoms with van der Waals surface area (Å²) in [6, 6.07) is 10.1. The van der Waals surface area contributed by atoms with Gasteiger partial charge in [0.2, 0.25) is 5.91 Å². The molecule has 3 rings (SSSR count). The topological polar surface area (TPSA) is 47.6 Å². The minimum atomic E-state index is -0.395. The van der Waals surface area contributed by atoms with Gasteiger partial charge in [-0.25, -0.2) is 0 Å². The Morgan fingerprint density at radius 1 is 1.33 bits per heavy atom. The van der Waals surface area contributed by atoms with Crippen molar-refractivity contribution in [1.29, 1.82) is 0 Å². The summed E-state index contributed by atoms with van der Waals surface area (Å²) in [5, 5.41) is 3.16. The number of carbonyl (C=O) groups is 1. The van der Waals surface area contributed by atoms with Gasteiger partial charge in [0.25, 0.3) is 0 Å². The van der Waals surface area contributed by atoms with E-state index in [1.165, 1.54) is 0 Å². The van der Waals surface area contributed by atoms with E-state index in [1.54, 1.807) is 0 Å². The molecule has 0 radical (unpaired) electrons. The normalized spacial score (nSPS) is 28.7. The smallest absolute Gasteiger partial charge is 0.229 e. The highest BCUT2D eigenvalue weighted by atomic mass is 16.7. The zero-order chi connectivity index (χ0) is 14.9. The number of amides is 1. The third kappa shape index (κ3) is 2.70. The van der Waals surface area contributed by atoms with Crippen molar-refractivity contribution in [3.8, 4) is 0 Å². The van der Waals surface area contributed by atoms with Gasteiger partial charge in [-0.3, -0.25) is 4.79 Å². The summed E-state index contributed by atoms with van der Waals surface area (Å²) < 4.78 is 11.3. The molecule has 1 amide bonds. The third-order valence-corrected chi connectivity index (χ3v) is 4.80. The van der Waals surface area contributed by atoms with Crippen LogP contribution in [0.1, 0.15) is 44.7 Å². The largest absolute Gasteiger partial charge is 0.350 e. The van der Waals surface area contributed by atoms with Crippen LogP contribution >= 0.6 is 0 Å². The van der Waals surface area contributed by atoms with E-state index < -0.39 is 5.41 Å². The van der Waals surface area contributed by atoms with E-state index in [0.29, 0.717) is 6.61 Å². The summed E-state index contributed by atoms with van der Waals surface area (Å²) in [5.41, 5.74) is 0.727. The van der Waals surface area contributed by atoms with E-state index in [2.05, 4.69) is 5.32 Å². The molecule has 1 aliphatic heterocycles. The second kappa shape index (κ2) is 5.78. The Labute approximate surface area is 125 Å². The first-order chi connectivity index (χ1) is 10.1. The fourth-order valence-electron chi connectivity index (χ4n) is 3.24. The molecule has 114 valence electrons. The summed E-state index contributed by atoms with van der Waals surface area (Å²) in [7, 11) is 0. The maximum atomic E-state index is 12.8. The monoisotopic (exact) mass is 289 g/mol. The molecule has 21 heavy (non-hydrogen) atoms. The molecule has 1 N–H and O–H groups in total. The molecule has 1 aromatic rings. The van der Waals surface area contributed by atoms with E-state index >= 15 is 0 Å². The van der Waals surface area contributed by atoms with Crippen LogP contribution in [0.3, 0.4) is 0 Å². The maximum absolute atomic E-state index is 12.8. The maximum Gasteiger partial charge on any atom is 0.229 e. The SMILES string of the molecule is CC1OC[C@@H](C2(C(=O)NC(C)c3ccccc3)CCC2)O1. The summed E-state index contributed by atoms with van der Waals surface area (Å²) in [6.07, 6.45) is 2.56. The minimum Gasteiger partial charge on any atom is -0.350 e. The lowest BCUT2D eigenvalue weighted by Gasteiger charge is -2.44. The van der Waals surface area contributed by atoms with E-state index in [1.807, 2.05) is 44.2 Å². The van der Waals surface area contributed by atoms with Crippen LogP contribution in [0.4, 0.5) is 0 Å². The van der Waals surface area contributed by atoms with Crippen LogP contribution < -0.4 is 5.32 Å². The van der Waals surface area contributed by atoms with Crippen molar-refractivity contribution in [3.05, 3.63) is 35.9 Å². The van der Waals surface area contributed by atoms with Crippen LogP contribution in [0.15, 0.2) is 30.3 Å². The van der Waals surface area contributed by atoms with Gasteiger partial charge in [-0.05, 0) is 32.3 Å². The predicted octanol–water partition coefficient (Wildman–Crippen LogP) is 2.80. The first kappa shape index (κ1) is 14.5. The van der Waals surface area contributed by atoms with Gasteiger partial charge < -0.3 is 14.8 Å². The van der Waals surface area contributed by atoms with Crippen LogP contribution in [0.25, 0.3) is 0 Å². The van der Waals surface area contributed by atoms with Gasteiger partial charge in [0.1, 0.15) is 0 Å². The van der Waals surface area contributed by atoms with Gasteiger partial charge in [-0.1, -0.05) is 36.8 Å². The zero-order valence-corrected chi connectivity index (χ0v) is 12.7. The average Bonchev–Trinajstić information content (AvgIpc) is 2.85. The Morgan fingerprint density at radius 2 is 2.05 bits per heavy atom. The van der Waals surface area contributed by atoms with Crippen molar-refractivity contribution in [2.75, 3.05) is 6.61 Å². The quantitative estimate of drug-likeness (QED) is 0.927. The first-order valence-electron chi connectivity index (χ1n) is 7.75. The van der Waals surface area contributed by atoms with Crippen molar-refractivity contribution in [2.24, 2.45) is 5.41 Å². The molecule has 1 aromatic carbocycles. The van der Waals surface area contributed by atoms with Gasteiger partial charge in [-0.2, -0.15) is 0 Å². The molecule has 0 bridgehead atoms. The van der Waals surface area contributed by atoms with Crippen molar-refractivity contribution >= 4 is 5.91 Å². The summed E-state index contributed by atoms with van der Waals surface area (Å²) in [4.78, 5) is 12.8. The predicted molar refractivity (Wildman–Crippen MR) is 79.6 cm³/mol. The van der Waals surface area contributed by atoms with E-state index in [9.17, 15) is 4.79 Å². The zero-order valence-electron chi connectivity index (χ0n) is 12.7. The standard InChI is InChI=1S/C17H23NO3/c1-12(14-7-4-3-5-8-14)18-16(19)17(9-6-10-17)15-11-20-13(2)21-15/h3-5,7-8,12-13,15H,6,9-11H2,1-2H3,(H,18,19)/t12?,13?,15-/m0/s1. The van der Waals surface area contributed by atoms with Crippen molar-refractivity contribution in [2.45, 2.75) is 51.5 Å². The lowest BCUT2D eigenvalue weighted by atomic mass is 9.64. The Morgan fingerprint density at radius 3 is 2.57 bits per heavy atom. The number of carbonyl (C=O) groups excluding carboxylic acids is 1. The van der Waals surface area contributed by atoms with Crippen molar-refractivity contribution < 1.29 is 14.3 Å². The fraction of sp³-hybridized carbons (Fsp3) is 0.588. The van der Waals surface area contributed by atoms with Crippen LogP contribution in [-0.4, -0.2) is 24.9 Å². The lowest BCUT2D eigenvalue weighted by molar-refractivity contribution is -0.151. The van der Waals surface area contributed by atoms with Gasteiger partial charge in [0.05, 0.1) is 24.2 Å². The van der Waals surface area contributed by atoms with Crippen LogP contribution in [0.2, 0.25) is 0 Å². The highest BCUT2D eigenvalue weighted by Gasteiger charge is 2.53. The molecule has 1 saturated carbocycles. The summed E-state index contributed by atoms with van der Waals surface area (Å²) in [6.45, 7) is 4.43. The molecule has 2 unspecified atom stereocenters. The van der Waals surface area contributed by atoms with Gasteiger partial charge in [0, 0.05) is 0 Å². The summed E-state index contributed by atoms with van der Waals surface area (Å²) in [5.74, 6) is 0.104. The Kier molecular flexibility index (Phi) is 4.00. The molecule has 4 heteroatoms. The van der Waals surface area contributed by atoms with Gasteiger partial charge in [-0.15, -0.1) is 0 Å². The molecule has 2 aliphatic rings. The molecule has 4 nitrogen and oxygen atoms in total. The fourth-order valence-corrected chi connectivity index (χ4v) is 3.24. The Bertz CT molecular complexity index is 498. The number of rotatable bonds is 4. The van der Waals surface area contributed by atoms with E-state index in [-0.39, 0.29) is 24.3 Å². The molecule has 2 fully saturated rings. The summed E-state index contributed by atoms with van der Waals surface area (Å²) >= 11 is 0. The number of hydrogen-bond donors (Lipinski definition) is 1. The molecular formula is C17H23NO3. The third-order valence-electron chi connectivity index (χ3n) is 4.80. The molecular weight excluding hydrogens is 266 g/mol. The highest BCUT2D eigenvalue weighted by molar-refractivity contribution is 5.84. The molecule has 0 aromatic heterocycles. The number of benzene rings is 1. The van der Waals surface area contributed by atoms with Crippen LogP contribution in [0, 0.1) is 5.41 Å². The van der Waals surface area contributed by atoms with Crippen LogP contribution in [-0.2, 0) is 14.3 Å². The van der Waals surface area contributed by atoms with Crippen molar-refractivity contribution in [1.82, 2.24) is 5.32 Å².